The quantitative estimate of drug-likeness (QED) is 0.694. The summed E-state index contributed by atoms with van der Waals surface area (Å²) in [5, 5.41) is 6.89. The highest BCUT2D eigenvalue weighted by atomic mass is 32.1. The Morgan fingerprint density at radius 3 is 2.41 bits per heavy atom. The summed E-state index contributed by atoms with van der Waals surface area (Å²) in [6.07, 6.45) is 0. The molecule has 0 aliphatic rings. The fourth-order valence-corrected chi connectivity index (χ4v) is 4.10. The molecule has 0 aliphatic carbocycles. The van der Waals surface area contributed by atoms with Gasteiger partial charge in [0.25, 0.3) is 0 Å². The number of thiophene rings is 2. The Morgan fingerprint density at radius 1 is 1.15 bits per heavy atom. The number of amides is 2. The summed E-state index contributed by atoms with van der Waals surface area (Å²) < 4.78 is 10.1. The molecule has 0 aromatic carbocycles. The van der Waals surface area contributed by atoms with Gasteiger partial charge in [-0.2, -0.15) is 11.3 Å². The molecule has 2 rings (SSSR count). The number of nitrogens with zero attached hydrogens (tertiary/aromatic N) is 1. The van der Waals surface area contributed by atoms with Crippen LogP contribution in [0.4, 0.5) is 9.80 Å². The largest absolute Gasteiger partial charge is 0.462 e. The Bertz CT molecular complexity index is 814. The van der Waals surface area contributed by atoms with Crippen molar-refractivity contribution < 1.29 is 23.9 Å². The molecule has 7 nitrogen and oxygen atoms in total. The van der Waals surface area contributed by atoms with Gasteiger partial charge in [-0.3, -0.25) is 5.32 Å². The Balaban J connectivity index is 2.27. The molecule has 0 aliphatic heterocycles. The molecule has 1 N–H and O–H groups in total. The van der Waals surface area contributed by atoms with Gasteiger partial charge in [-0.05, 0) is 48.7 Å². The molecule has 146 valence electrons. The Morgan fingerprint density at radius 2 is 1.81 bits per heavy atom. The fraction of sp³-hybridized carbons (Fsp3) is 0.389. The van der Waals surface area contributed by atoms with E-state index >= 15 is 0 Å². The smallest absolute Gasteiger partial charge is 0.348 e. The maximum Gasteiger partial charge on any atom is 0.348 e. The second kappa shape index (κ2) is 9.52. The SMILES string of the molecule is CCOC(=O)c1sc(NC(=O)N(C)Cc2ccsc2)c(C(=O)OCC)c1C. The maximum atomic E-state index is 12.5. The zero-order chi connectivity index (χ0) is 20.0. The maximum absolute atomic E-state index is 12.5. The number of anilines is 1. The predicted octanol–water partition coefficient (Wildman–Crippen LogP) is 4.14. The Labute approximate surface area is 165 Å². The molecule has 0 bridgehead atoms. The van der Waals surface area contributed by atoms with E-state index < -0.39 is 11.9 Å². The minimum Gasteiger partial charge on any atom is -0.462 e. The van der Waals surface area contributed by atoms with Gasteiger partial charge in [0.05, 0.1) is 18.8 Å². The zero-order valence-corrected chi connectivity index (χ0v) is 17.3. The zero-order valence-electron chi connectivity index (χ0n) is 15.7. The average Bonchev–Trinajstić information content (AvgIpc) is 3.23. The first-order valence-electron chi connectivity index (χ1n) is 8.39. The van der Waals surface area contributed by atoms with Gasteiger partial charge in [-0.25, -0.2) is 14.4 Å². The molecule has 27 heavy (non-hydrogen) atoms. The third-order valence-corrected chi connectivity index (χ3v) is 5.57. The summed E-state index contributed by atoms with van der Waals surface area (Å²) >= 11 is 2.56. The van der Waals surface area contributed by atoms with Crippen LogP contribution in [-0.2, 0) is 16.0 Å². The Hall–Kier alpha value is -2.39. The molecule has 0 saturated heterocycles. The lowest BCUT2D eigenvalue weighted by Gasteiger charge is -2.17. The number of urea groups is 1. The molecule has 0 fully saturated rings. The molecule has 0 atom stereocenters. The Kier molecular flexibility index (Phi) is 7.37. The van der Waals surface area contributed by atoms with E-state index in [0.717, 1.165) is 16.9 Å². The van der Waals surface area contributed by atoms with Crippen LogP contribution >= 0.6 is 22.7 Å². The molecule has 0 spiro atoms. The monoisotopic (exact) mass is 410 g/mol. The van der Waals surface area contributed by atoms with Crippen LogP contribution in [0, 0.1) is 6.92 Å². The first-order valence-corrected chi connectivity index (χ1v) is 10.2. The van der Waals surface area contributed by atoms with E-state index in [4.69, 9.17) is 9.47 Å². The van der Waals surface area contributed by atoms with Crippen LogP contribution in [0.3, 0.4) is 0 Å². The van der Waals surface area contributed by atoms with Crippen molar-refractivity contribution in [2.24, 2.45) is 0 Å². The van der Waals surface area contributed by atoms with Crippen LogP contribution < -0.4 is 5.32 Å². The lowest BCUT2D eigenvalue weighted by molar-refractivity contribution is 0.0527. The summed E-state index contributed by atoms with van der Waals surface area (Å²) in [4.78, 5) is 38.8. The van der Waals surface area contributed by atoms with Gasteiger partial charge in [-0.15, -0.1) is 11.3 Å². The van der Waals surface area contributed by atoms with Gasteiger partial charge in [0, 0.05) is 13.6 Å². The van der Waals surface area contributed by atoms with E-state index in [2.05, 4.69) is 5.32 Å². The number of hydrogen-bond donors (Lipinski definition) is 1. The first kappa shape index (κ1) is 20.9. The van der Waals surface area contributed by atoms with Crippen LogP contribution in [0.5, 0.6) is 0 Å². The van der Waals surface area contributed by atoms with Crippen molar-refractivity contribution in [2.45, 2.75) is 27.3 Å². The highest BCUT2D eigenvalue weighted by Crippen LogP contribution is 2.34. The third-order valence-electron chi connectivity index (χ3n) is 3.65. The second-order valence-electron chi connectivity index (χ2n) is 5.62. The molecule has 2 heterocycles. The lowest BCUT2D eigenvalue weighted by atomic mass is 10.1. The van der Waals surface area contributed by atoms with Crippen molar-refractivity contribution in [2.75, 3.05) is 25.6 Å². The van der Waals surface area contributed by atoms with E-state index in [1.165, 1.54) is 4.90 Å². The van der Waals surface area contributed by atoms with Crippen LogP contribution in [-0.4, -0.2) is 43.1 Å². The van der Waals surface area contributed by atoms with E-state index in [1.807, 2.05) is 16.8 Å². The van der Waals surface area contributed by atoms with E-state index in [1.54, 1.807) is 39.2 Å². The normalized spacial score (nSPS) is 10.4. The van der Waals surface area contributed by atoms with Crippen molar-refractivity contribution in [1.82, 2.24) is 4.90 Å². The van der Waals surface area contributed by atoms with Crippen molar-refractivity contribution in [3.05, 3.63) is 38.4 Å². The fourth-order valence-electron chi connectivity index (χ4n) is 2.36. The third kappa shape index (κ3) is 5.08. The molecule has 2 aromatic rings. The molecular weight excluding hydrogens is 388 g/mol. The van der Waals surface area contributed by atoms with Crippen molar-refractivity contribution in [1.29, 1.82) is 0 Å². The number of ether oxygens (including phenoxy) is 2. The van der Waals surface area contributed by atoms with Crippen molar-refractivity contribution in [3.8, 4) is 0 Å². The molecule has 2 amide bonds. The topological polar surface area (TPSA) is 84.9 Å². The van der Waals surface area contributed by atoms with Gasteiger partial charge in [0.15, 0.2) is 0 Å². The summed E-state index contributed by atoms with van der Waals surface area (Å²) in [6, 6.07) is 1.55. The first-order chi connectivity index (χ1) is 12.9. The lowest BCUT2D eigenvalue weighted by Crippen LogP contribution is -2.31. The number of rotatable bonds is 7. The number of carbonyl (C=O) groups is 3. The van der Waals surface area contributed by atoms with E-state index in [0.29, 0.717) is 12.1 Å². The molecule has 9 heteroatoms. The van der Waals surface area contributed by atoms with Crippen molar-refractivity contribution >= 4 is 45.6 Å². The molecule has 0 unspecified atom stereocenters. The van der Waals surface area contributed by atoms with Gasteiger partial charge in [0.1, 0.15) is 9.88 Å². The van der Waals surface area contributed by atoms with Crippen LogP contribution in [0.25, 0.3) is 0 Å². The predicted molar refractivity (Wildman–Crippen MR) is 106 cm³/mol. The summed E-state index contributed by atoms with van der Waals surface area (Å²) in [5.74, 6) is -1.12. The molecule has 2 aromatic heterocycles. The van der Waals surface area contributed by atoms with Crippen LogP contribution in [0.15, 0.2) is 16.8 Å². The van der Waals surface area contributed by atoms with Gasteiger partial charge < -0.3 is 14.4 Å². The number of nitrogens with one attached hydrogen (secondary N) is 1. The highest BCUT2D eigenvalue weighted by Gasteiger charge is 2.27. The van der Waals surface area contributed by atoms with E-state index in [9.17, 15) is 14.4 Å². The van der Waals surface area contributed by atoms with Crippen LogP contribution in [0.1, 0.15) is 45.0 Å². The van der Waals surface area contributed by atoms with E-state index in [-0.39, 0.29) is 34.7 Å². The summed E-state index contributed by atoms with van der Waals surface area (Å²) in [5.41, 5.74) is 1.63. The average molecular weight is 411 g/mol. The number of carbonyl (C=O) groups excluding carboxylic acids is 3. The van der Waals surface area contributed by atoms with Gasteiger partial charge >= 0.3 is 18.0 Å². The highest BCUT2D eigenvalue weighted by molar-refractivity contribution is 7.18. The van der Waals surface area contributed by atoms with Gasteiger partial charge in [-0.1, -0.05) is 0 Å². The molecule has 0 saturated carbocycles. The molecular formula is C18H22N2O5S2. The minimum atomic E-state index is -0.586. The molecule has 0 radical (unpaired) electrons. The van der Waals surface area contributed by atoms with Crippen molar-refractivity contribution in [3.63, 3.8) is 0 Å². The number of hydrogen-bond acceptors (Lipinski definition) is 7. The second-order valence-corrected chi connectivity index (χ2v) is 7.42. The van der Waals surface area contributed by atoms with Crippen LogP contribution in [0.2, 0.25) is 0 Å². The minimum absolute atomic E-state index is 0.183. The summed E-state index contributed by atoms with van der Waals surface area (Å²) in [7, 11) is 1.66. The standard InChI is InChI=1S/C18H22N2O5S2/c1-5-24-16(21)13-11(3)14(17(22)25-6-2)27-15(13)19-18(23)20(4)9-12-7-8-26-10-12/h7-8,10H,5-6,9H2,1-4H3,(H,19,23). The van der Waals surface area contributed by atoms with Gasteiger partial charge in [0.2, 0.25) is 0 Å². The number of esters is 2. The summed E-state index contributed by atoms with van der Waals surface area (Å²) in [6.45, 7) is 5.87.